The molecule has 0 bridgehead atoms. The summed E-state index contributed by atoms with van der Waals surface area (Å²) in [5.74, 6) is 1.62. The number of piperidine rings is 1. The number of rotatable bonds is 1. The summed E-state index contributed by atoms with van der Waals surface area (Å²) in [5, 5.41) is 12.0. The maximum atomic E-state index is 4.35. The van der Waals surface area contributed by atoms with Crippen LogP contribution >= 0.6 is 0 Å². The van der Waals surface area contributed by atoms with Gasteiger partial charge in [-0.2, -0.15) is 0 Å². The van der Waals surface area contributed by atoms with E-state index >= 15 is 0 Å². The SMILES string of the molecule is Cc1cccc2nnc(C3CCCNC3)n12. The van der Waals surface area contributed by atoms with Gasteiger partial charge in [0.25, 0.3) is 0 Å². The minimum atomic E-state index is 0.504. The summed E-state index contributed by atoms with van der Waals surface area (Å²) in [6.07, 6.45) is 2.44. The van der Waals surface area contributed by atoms with Crippen molar-refractivity contribution in [3.05, 3.63) is 29.7 Å². The molecule has 2 aromatic heterocycles. The molecule has 0 saturated carbocycles. The van der Waals surface area contributed by atoms with Gasteiger partial charge < -0.3 is 5.32 Å². The molecule has 1 aliphatic heterocycles. The molecule has 1 atom stereocenters. The van der Waals surface area contributed by atoms with Crippen molar-refractivity contribution in [3.63, 3.8) is 0 Å². The van der Waals surface area contributed by atoms with E-state index < -0.39 is 0 Å². The highest BCUT2D eigenvalue weighted by molar-refractivity contribution is 5.40. The predicted molar refractivity (Wildman–Crippen MR) is 62.6 cm³/mol. The predicted octanol–water partition coefficient (Wildman–Crippen LogP) is 1.50. The van der Waals surface area contributed by atoms with E-state index in [4.69, 9.17) is 0 Å². The number of pyridine rings is 1. The Morgan fingerprint density at radius 2 is 2.31 bits per heavy atom. The molecule has 0 spiro atoms. The Balaban J connectivity index is 2.09. The number of aromatic nitrogens is 3. The number of nitrogens with one attached hydrogen (secondary N) is 1. The highest BCUT2D eigenvalue weighted by Gasteiger charge is 2.20. The second-order valence-electron chi connectivity index (χ2n) is 4.46. The van der Waals surface area contributed by atoms with Crippen LogP contribution in [0.3, 0.4) is 0 Å². The van der Waals surface area contributed by atoms with E-state index in [1.54, 1.807) is 0 Å². The molecule has 1 N–H and O–H groups in total. The minimum Gasteiger partial charge on any atom is -0.316 e. The Hall–Kier alpha value is -1.42. The van der Waals surface area contributed by atoms with Crippen LogP contribution in [0.4, 0.5) is 0 Å². The second-order valence-corrected chi connectivity index (χ2v) is 4.46. The zero-order valence-electron chi connectivity index (χ0n) is 9.48. The van der Waals surface area contributed by atoms with Gasteiger partial charge in [-0.1, -0.05) is 6.07 Å². The van der Waals surface area contributed by atoms with Crippen molar-refractivity contribution >= 4 is 5.65 Å². The molecule has 2 aromatic rings. The number of hydrogen-bond donors (Lipinski definition) is 1. The molecule has 0 amide bonds. The number of aryl methyl sites for hydroxylation is 1. The van der Waals surface area contributed by atoms with Gasteiger partial charge in [0.2, 0.25) is 0 Å². The van der Waals surface area contributed by atoms with Crippen LogP contribution in [-0.4, -0.2) is 27.7 Å². The van der Waals surface area contributed by atoms with Gasteiger partial charge in [0.15, 0.2) is 5.65 Å². The molecule has 1 aliphatic rings. The van der Waals surface area contributed by atoms with Crippen LogP contribution in [-0.2, 0) is 0 Å². The van der Waals surface area contributed by atoms with Gasteiger partial charge in [-0.15, -0.1) is 10.2 Å². The molecule has 16 heavy (non-hydrogen) atoms. The van der Waals surface area contributed by atoms with Gasteiger partial charge in [0.1, 0.15) is 5.82 Å². The third-order valence-electron chi connectivity index (χ3n) is 3.31. The normalized spacial score (nSPS) is 21.4. The molecular weight excluding hydrogens is 200 g/mol. The van der Waals surface area contributed by atoms with Crippen molar-refractivity contribution in [2.75, 3.05) is 13.1 Å². The second kappa shape index (κ2) is 3.87. The lowest BCUT2D eigenvalue weighted by atomic mass is 9.99. The summed E-state index contributed by atoms with van der Waals surface area (Å²) < 4.78 is 2.18. The van der Waals surface area contributed by atoms with Crippen LogP contribution in [0.25, 0.3) is 5.65 Å². The molecule has 4 heteroatoms. The van der Waals surface area contributed by atoms with Crippen LogP contribution in [0.2, 0.25) is 0 Å². The first-order chi connectivity index (χ1) is 7.86. The van der Waals surface area contributed by atoms with Crippen molar-refractivity contribution in [2.45, 2.75) is 25.7 Å². The Kier molecular flexibility index (Phi) is 2.36. The molecule has 3 heterocycles. The summed E-state index contributed by atoms with van der Waals surface area (Å²) in [5.41, 5.74) is 2.17. The Morgan fingerprint density at radius 1 is 1.38 bits per heavy atom. The lowest BCUT2D eigenvalue weighted by Crippen LogP contribution is -2.29. The lowest BCUT2D eigenvalue weighted by molar-refractivity contribution is 0.443. The average molecular weight is 216 g/mol. The van der Waals surface area contributed by atoms with Crippen molar-refractivity contribution in [1.29, 1.82) is 0 Å². The molecule has 0 radical (unpaired) electrons. The van der Waals surface area contributed by atoms with Gasteiger partial charge >= 0.3 is 0 Å². The van der Waals surface area contributed by atoms with Gasteiger partial charge in [-0.05, 0) is 38.4 Å². The van der Waals surface area contributed by atoms with Crippen LogP contribution in [0, 0.1) is 6.92 Å². The number of hydrogen-bond acceptors (Lipinski definition) is 3. The van der Waals surface area contributed by atoms with E-state index in [2.05, 4.69) is 32.9 Å². The van der Waals surface area contributed by atoms with E-state index in [0.29, 0.717) is 5.92 Å². The molecule has 3 rings (SSSR count). The Bertz CT molecular complexity index is 497. The van der Waals surface area contributed by atoms with E-state index in [1.165, 1.54) is 18.5 Å². The quantitative estimate of drug-likeness (QED) is 0.785. The number of fused-ring (bicyclic) bond motifs is 1. The Morgan fingerprint density at radius 3 is 3.12 bits per heavy atom. The summed E-state index contributed by atoms with van der Waals surface area (Å²) in [6.45, 7) is 4.26. The van der Waals surface area contributed by atoms with E-state index in [1.807, 2.05) is 12.1 Å². The lowest BCUT2D eigenvalue weighted by Gasteiger charge is -2.21. The average Bonchev–Trinajstić information content (AvgIpc) is 2.75. The van der Waals surface area contributed by atoms with Crippen LogP contribution in [0.15, 0.2) is 18.2 Å². The first kappa shape index (κ1) is 9.78. The van der Waals surface area contributed by atoms with Crippen molar-refractivity contribution in [1.82, 2.24) is 19.9 Å². The van der Waals surface area contributed by atoms with Crippen molar-refractivity contribution in [2.24, 2.45) is 0 Å². The minimum absolute atomic E-state index is 0.504. The summed E-state index contributed by atoms with van der Waals surface area (Å²) in [7, 11) is 0. The molecule has 0 aromatic carbocycles. The van der Waals surface area contributed by atoms with Crippen molar-refractivity contribution < 1.29 is 0 Å². The van der Waals surface area contributed by atoms with Gasteiger partial charge in [0, 0.05) is 18.2 Å². The highest BCUT2D eigenvalue weighted by Crippen LogP contribution is 2.22. The monoisotopic (exact) mass is 216 g/mol. The summed E-state index contributed by atoms with van der Waals surface area (Å²) >= 11 is 0. The fraction of sp³-hybridized carbons (Fsp3) is 0.500. The summed E-state index contributed by atoms with van der Waals surface area (Å²) in [6, 6.07) is 6.15. The fourth-order valence-corrected chi connectivity index (χ4v) is 2.46. The third kappa shape index (κ3) is 1.50. The van der Waals surface area contributed by atoms with E-state index in [-0.39, 0.29) is 0 Å². The molecule has 1 fully saturated rings. The molecule has 1 unspecified atom stereocenters. The molecule has 0 aliphatic carbocycles. The highest BCUT2D eigenvalue weighted by atomic mass is 15.3. The molecule has 1 saturated heterocycles. The molecule has 4 nitrogen and oxygen atoms in total. The van der Waals surface area contributed by atoms with Crippen LogP contribution in [0.5, 0.6) is 0 Å². The van der Waals surface area contributed by atoms with Crippen molar-refractivity contribution in [3.8, 4) is 0 Å². The zero-order valence-corrected chi connectivity index (χ0v) is 9.48. The fourth-order valence-electron chi connectivity index (χ4n) is 2.46. The largest absolute Gasteiger partial charge is 0.316 e. The van der Waals surface area contributed by atoms with Gasteiger partial charge in [0.05, 0.1) is 0 Å². The van der Waals surface area contributed by atoms with Gasteiger partial charge in [-0.25, -0.2) is 0 Å². The maximum Gasteiger partial charge on any atom is 0.160 e. The molecular formula is C12H16N4. The van der Waals surface area contributed by atoms with E-state index in [9.17, 15) is 0 Å². The first-order valence-electron chi connectivity index (χ1n) is 5.87. The molecule has 84 valence electrons. The van der Waals surface area contributed by atoms with E-state index in [0.717, 1.165) is 24.6 Å². The van der Waals surface area contributed by atoms with Crippen LogP contribution in [0.1, 0.15) is 30.3 Å². The Labute approximate surface area is 94.7 Å². The number of nitrogens with zero attached hydrogens (tertiary/aromatic N) is 3. The standard InChI is InChI=1S/C12H16N4/c1-9-4-2-6-11-14-15-12(16(9)11)10-5-3-7-13-8-10/h2,4,6,10,13H,3,5,7-8H2,1H3. The van der Waals surface area contributed by atoms with Gasteiger partial charge in [-0.3, -0.25) is 4.40 Å². The zero-order chi connectivity index (χ0) is 11.0. The first-order valence-corrected chi connectivity index (χ1v) is 5.87. The summed E-state index contributed by atoms with van der Waals surface area (Å²) in [4.78, 5) is 0. The topological polar surface area (TPSA) is 42.2 Å². The third-order valence-corrected chi connectivity index (χ3v) is 3.31. The maximum absolute atomic E-state index is 4.35. The smallest absolute Gasteiger partial charge is 0.160 e. The van der Waals surface area contributed by atoms with Crippen LogP contribution < -0.4 is 5.32 Å².